The van der Waals surface area contributed by atoms with E-state index in [1.54, 1.807) is 41.0 Å². The molecular formula is C23H24F3N3O3. The SMILES string of the molecule is CCOC(=O)N1CCC(N2C(=O)c3ccccc3[C@H]2Nc2ccccc2C(F)(F)F)CC1. The van der Waals surface area contributed by atoms with Crippen LogP contribution in [0.15, 0.2) is 48.5 Å². The minimum Gasteiger partial charge on any atom is -0.450 e. The van der Waals surface area contributed by atoms with Gasteiger partial charge in [0.1, 0.15) is 6.17 Å². The molecule has 0 bridgehead atoms. The summed E-state index contributed by atoms with van der Waals surface area (Å²) in [6.45, 7) is 2.84. The summed E-state index contributed by atoms with van der Waals surface area (Å²) in [5.74, 6) is -0.225. The molecule has 0 aliphatic carbocycles. The lowest BCUT2D eigenvalue weighted by atomic mass is 10.0. The van der Waals surface area contributed by atoms with E-state index in [-0.39, 0.29) is 24.2 Å². The number of piperidine rings is 1. The van der Waals surface area contributed by atoms with Gasteiger partial charge in [0.2, 0.25) is 0 Å². The van der Waals surface area contributed by atoms with E-state index in [1.165, 1.54) is 18.2 Å². The van der Waals surface area contributed by atoms with Gasteiger partial charge in [0.05, 0.1) is 12.2 Å². The van der Waals surface area contributed by atoms with E-state index in [9.17, 15) is 22.8 Å². The molecule has 2 aromatic rings. The fraction of sp³-hybridized carbons (Fsp3) is 0.391. The zero-order valence-corrected chi connectivity index (χ0v) is 17.6. The number of hydrogen-bond acceptors (Lipinski definition) is 4. The molecule has 6 nitrogen and oxygen atoms in total. The molecule has 0 aromatic heterocycles. The molecule has 32 heavy (non-hydrogen) atoms. The Morgan fingerprint density at radius 3 is 2.44 bits per heavy atom. The second-order valence-electron chi connectivity index (χ2n) is 7.81. The van der Waals surface area contributed by atoms with Gasteiger partial charge < -0.3 is 19.9 Å². The van der Waals surface area contributed by atoms with Crippen molar-refractivity contribution in [2.45, 2.75) is 38.1 Å². The Bertz CT molecular complexity index is 1000. The number of ether oxygens (including phenoxy) is 1. The molecule has 9 heteroatoms. The van der Waals surface area contributed by atoms with E-state index in [4.69, 9.17) is 4.74 Å². The van der Waals surface area contributed by atoms with Crippen molar-refractivity contribution in [1.29, 1.82) is 0 Å². The predicted octanol–water partition coefficient (Wildman–Crippen LogP) is 4.89. The summed E-state index contributed by atoms with van der Waals surface area (Å²) in [6, 6.07) is 12.0. The fourth-order valence-electron chi connectivity index (χ4n) is 4.41. The van der Waals surface area contributed by atoms with Crippen molar-refractivity contribution in [2.24, 2.45) is 0 Å². The molecule has 4 rings (SSSR count). The monoisotopic (exact) mass is 447 g/mol. The number of nitrogens with zero attached hydrogens (tertiary/aromatic N) is 2. The second-order valence-corrected chi connectivity index (χ2v) is 7.81. The Morgan fingerprint density at radius 2 is 1.75 bits per heavy atom. The number of likely N-dealkylation sites (tertiary alicyclic amines) is 1. The van der Waals surface area contributed by atoms with Gasteiger partial charge in [0.15, 0.2) is 0 Å². The first-order valence-electron chi connectivity index (χ1n) is 10.6. The third kappa shape index (κ3) is 4.11. The molecule has 0 spiro atoms. The molecule has 1 saturated heterocycles. The average molecular weight is 447 g/mol. The number of alkyl halides is 3. The van der Waals surface area contributed by atoms with Gasteiger partial charge in [0, 0.05) is 35.9 Å². The van der Waals surface area contributed by atoms with Crippen LogP contribution in [0.5, 0.6) is 0 Å². The van der Waals surface area contributed by atoms with E-state index >= 15 is 0 Å². The number of rotatable bonds is 4. The number of benzene rings is 2. The van der Waals surface area contributed by atoms with E-state index in [0.717, 1.165) is 6.07 Å². The summed E-state index contributed by atoms with van der Waals surface area (Å²) in [6.07, 6.45) is -4.63. The first-order chi connectivity index (χ1) is 15.3. The normalized spacial score (nSPS) is 19.1. The molecule has 2 aromatic carbocycles. The van der Waals surface area contributed by atoms with Crippen LogP contribution in [-0.4, -0.2) is 47.5 Å². The predicted molar refractivity (Wildman–Crippen MR) is 112 cm³/mol. The number of nitrogens with one attached hydrogen (secondary N) is 1. The van der Waals surface area contributed by atoms with Crippen molar-refractivity contribution in [1.82, 2.24) is 9.80 Å². The zero-order valence-electron chi connectivity index (χ0n) is 17.6. The summed E-state index contributed by atoms with van der Waals surface area (Å²) in [7, 11) is 0. The lowest BCUT2D eigenvalue weighted by Crippen LogP contribution is -2.49. The van der Waals surface area contributed by atoms with Gasteiger partial charge in [-0.1, -0.05) is 30.3 Å². The molecule has 2 heterocycles. The number of para-hydroxylation sites is 1. The van der Waals surface area contributed by atoms with Crippen molar-refractivity contribution in [3.8, 4) is 0 Å². The maximum Gasteiger partial charge on any atom is 0.418 e. The van der Waals surface area contributed by atoms with Gasteiger partial charge in [-0.3, -0.25) is 4.79 Å². The number of halogens is 3. The standard InChI is InChI=1S/C23H24F3N3O3/c1-2-32-22(31)28-13-11-15(12-14-28)29-20(16-7-3-4-8-17(16)21(29)30)27-19-10-6-5-9-18(19)23(24,25)26/h3-10,15,20,27H,2,11-14H2,1H3/t20-/m0/s1. The number of carbonyl (C=O) groups is 2. The summed E-state index contributed by atoms with van der Waals surface area (Å²) in [4.78, 5) is 28.5. The van der Waals surface area contributed by atoms with Crippen molar-refractivity contribution < 1.29 is 27.5 Å². The van der Waals surface area contributed by atoms with Crippen LogP contribution >= 0.6 is 0 Å². The van der Waals surface area contributed by atoms with Crippen LogP contribution in [0.25, 0.3) is 0 Å². The quantitative estimate of drug-likeness (QED) is 0.725. The maximum atomic E-state index is 13.6. The van der Waals surface area contributed by atoms with Gasteiger partial charge in [-0.15, -0.1) is 0 Å². The smallest absolute Gasteiger partial charge is 0.418 e. The van der Waals surface area contributed by atoms with Crippen LogP contribution in [0.4, 0.5) is 23.7 Å². The van der Waals surface area contributed by atoms with Crippen LogP contribution < -0.4 is 5.32 Å². The zero-order chi connectivity index (χ0) is 22.9. The molecular weight excluding hydrogens is 423 g/mol. The topological polar surface area (TPSA) is 61.9 Å². The third-order valence-corrected chi connectivity index (χ3v) is 5.91. The molecule has 2 aliphatic heterocycles. The number of carbonyl (C=O) groups excluding carboxylic acids is 2. The maximum absolute atomic E-state index is 13.6. The first kappa shape index (κ1) is 22.0. The highest BCUT2D eigenvalue weighted by molar-refractivity contribution is 5.99. The molecule has 2 aliphatic rings. The number of amides is 2. The highest BCUT2D eigenvalue weighted by Crippen LogP contribution is 2.41. The van der Waals surface area contributed by atoms with Crippen molar-refractivity contribution >= 4 is 17.7 Å². The molecule has 1 atom stereocenters. The van der Waals surface area contributed by atoms with Crippen LogP contribution in [0.2, 0.25) is 0 Å². The number of hydrogen-bond donors (Lipinski definition) is 1. The van der Waals surface area contributed by atoms with Gasteiger partial charge >= 0.3 is 12.3 Å². The Morgan fingerprint density at radius 1 is 1.09 bits per heavy atom. The van der Waals surface area contributed by atoms with E-state index in [2.05, 4.69) is 5.32 Å². The summed E-state index contributed by atoms with van der Waals surface area (Å²) < 4.78 is 45.7. The van der Waals surface area contributed by atoms with Gasteiger partial charge in [0.25, 0.3) is 5.91 Å². The Labute approximate surface area is 183 Å². The molecule has 0 unspecified atom stereocenters. The molecule has 0 radical (unpaired) electrons. The van der Waals surface area contributed by atoms with Gasteiger partial charge in [-0.2, -0.15) is 13.2 Å². The third-order valence-electron chi connectivity index (χ3n) is 5.91. The largest absolute Gasteiger partial charge is 0.450 e. The van der Waals surface area contributed by atoms with Gasteiger partial charge in [-0.05, 0) is 38.0 Å². The molecule has 2 amide bonds. The highest BCUT2D eigenvalue weighted by atomic mass is 19.4. The van der Waals surface area contributed by atoms with E-state index in [1.807, 2.05) is 0 Å². The van der Waals surface area contributed by atoms with Crippen LogP contribution in [-0.2, 0) is 10.9 Å². The van der Waals surface area contributed by atoms with Gasteiger partial charge in [-0.25, -0.2) is 4.79 Å². The van der Waals surface area contributed by atoms with E-state index in [0.29, 0.717) is 37.1 Å². The van der Waals surface area contributed by atoms with Crippen molar-refractivity contribution in [2.75, 3.05) is 25.0 Å². The average Bonchev–Trinajstić information content (AvgIpc) is 3.05. The Hall–Kier alpha value is -3.23. The second kappa shape index (κ2) is 8.72. The lowest BCUT2D eigenvalue weighted by molar-refractivity contribution is -0.137. The minimum absolute atomic E-state index is 0.0801. The number of anilines is 1. The molecule has 1 N–H and O–H groups in total. The van der Waals surface area contributed by atoms with Crippen LogP contribution in [0.3, 0.4) is 0 Å². The molecule has 0 saturated carbocycles. The molecule has 170 valence electrons. The lowest BCUT2D eigenvalue weighted by Gasteiger charge is -2.39. The Kier molecular flexibility index (Phi) is 5.99. The first-order valence-corrected chi connectivity index (χ1v) is 10.6. The summed E-state index contributed by atoms with van der Waals surface area (Å²) in [5.41, 5.74) is 0.252. The fourth-order valence-corrected chi connectivity index (χ4v) is 4.41. The molecule has 1 fully saturated rings. The summed E-state index contributed by atoms with van der Waals surface area (Å²) >= 11 is 0. The number of fused-ring (bicyclic) bond motifs is 1. The summed E-state index contributed by atoms with van der Waals surface area (Å²) in [5, 5.41) is 2.98. The van der Waals surface area contributed by atoms with Crippen LogP contribution in [0.1, 0.15) is 47.4 Å². The van der Waals surface area contributed by atoms with Crippen molar-refractivity contribution in [3.05, 3.63) is 65.2 Å². The van der Waals surface area contributed by atoms with E-state index < -0.39 is 24.0 Å². The highest BCUT2D eigenvalue weighted by Gasteiger charge is 2.43. The minimum atomic E-state index is -4.53. The van der Waals surface area contributed by atoms with Crippen LogP contribution in [0, 0.1) is 0 Å². The van der Waals surface area contributed by atoms with Crippen molar-refractivity contribution in [3.63, 3.8) is 0 Å². The Balaban J connectivity index is 1.62.